The van der Waals surface area contributed by atoms with E-state index in [1.807, 2.05) is 0 Å². The number of hydrogen-bond acceptors (Lipinski definition) is 2. The third-order valence-corrected chi connectivity index (χ3v) is 3.06. The second kappa shape index (κ2) is 9.12. The zero-order chi connectivity index (χ0) is 13.2. The molecule has 0 fully saturated rings. The fourth-order valence-corrected chi connectivity index (χ4v) is 2.27. The van der Waals surface area contributed by atoms with E-state index in [0.717, 1.165) is 19.6 Å². The van der Waals surface area contributed by atoms with Crippen LogP contribution in [0.1, 0.15) is 44.7 Å². The van der Waals surface area contributed by atoms with Gasteiger partial charge in [0.1, 0.15) is 0 Å². The third-order valence-electron chi connectivity index (χ3n) is 3.06. The summed E-state index contributed by atoms with van der Waals surface area (Å²) in [4.78, 5) is 2.55. The van der Waals surface area contributed by atoms with Crippen LogP contribution in [0.25, 0.3) is 0 Å². The topological polar surface area (TPSA) is 15.3 Å². The summed E-state index contributed by atoms with van der Waals surface area (Å²) < 4.78 is 0. The van der Waals surface area contributed by atoms with Crippen LogP contribution in [0.2, 0.25) is 0 Å². The normalized spacial score (nSPS) is 11.1. The van der Waals surface area contributed by atoms with Crippen LogP contribution in [-0.4, -0.2) is 24.5 Å². The average molecular weight is 248 g/mol. The molecule has 1 N–H and O–H groups in total. The molecule has 1 aromatic rings. The minimum atomic E-state index is 0.978. The van der Waals surface area contributed by atoms with Crippen LogP contribution in [0, 0.1) is 0 Å². The molecule has 0 saturated carbocycles. The lowest BCUT2D eigenvalue weighted by atomic mass is 10.1. The van der Waals surface area contributed by atoms with Crippen LogP contribution in [0.15, 0.2) is 24.3 Å². The molecule has 0 heterocycles. The maximum Gasteiger partial charge on any atom is 0.0233 e. The van der Waals surface area contributed by atoms with E-state index >= 15 is 0 Å². The molecule has 18 heavy (non-hydrogen) atoms. The van der Waals surface area contributed by atoms with Crippen molar-refractivity contribution in [2.24, 2.45) is 0 Å². The van der Waals surface area contributed by atoms with Crippen LogP contribution in [0.5, 0.6) is 0 Å². The summed E-state index contributed by atoms with van der Waals surface area (Å²) in [6.45, 7) is 12.1. The van der Waals surface area contributed by atoms with Gasteiger partial charge in [-0.3, -0.25) is 4.90 Å². The third kappa shape index (κ3) is 5.65. The number of benzene rings is 1. The van der Waals surface area contributed by atoms with Gasteiger partial charge in [0.2, 0.25) is 0 Å². The molecule has 2 heteroatoms. The van der Waals surface area contributed by atoms with Crippen LogP contribution in [-0.2, 0) is 13.1 Å². The molecule has 102 valence electrons. The highest BCUT2D eigenvalue weighted by Gasteiger charge is 2.04. The van der Waals surface area contributed by atoms with Crippen molar-refractivity contribution >= 4 is 0 Å². The second-order valence-corrected chi connectivity index (χ2v) is 4.88. The van der Waals surface area contributed by atoms with E-state index in [0.29, 0.717) is 0 Å². The largest absolute Gasteiger partial charge is 0.313 e. The second-order valence-electron chi connectivity index (χ2n) is 4.88. The Hall–Kier alpha value is -0.860. The number of rotatable bonds is 9. The zero-order valence-electron chi connectivity index (χ0n) is 12.2. The van der Waals surface area contributed by atoms with Crippen molar-refractivity contribution in [1.29, 1.82) is 0 Å². The molecule has 1 rings (SSSR count). The molecule has 0 aromatic heterocycles. The molecule has 1 aromatic carbocycles. The Morgan fingerprint density at radius 3 is 2.28 bits per heavy atom. The first kappa shape index (κ1) is 15.2. The van der Waals surface area contributed by atoms with Gasteiger partial charge in [0, 0.05) is 13.1 Å². The molecule has 2 nitrogen and oxygen atoms in total. The molecular weight excluding hydrogens is 220 g/mol. The van der Waals surface area contributed by atoms with Gasteiger partial charge in [-0.05, 0) is 43.6 Å². The molecule has 0 aliphatic rings. The summed E-state index contributed by atoms with van der Waals surface area (Å²) in [7, 11) is 0. The Kier molecular flexibility index (Phi) is 7.70. The van der Waals surface area contributed by atoms with Crippen molar-refractivity contribution in [3.05, 3.63) is 35.4 Å². The fraction of sp³-hybridized carbons (Fsp3) is 0.625. The van der Waals surface area contributed by atoms with Gasteiger partial charge >= 0.3 is 0 Å². The van der Waals surface area contributed by atoms with E-state index in [2.05, 4.69) is 55.3 Å². The van der Waals surface area contributed by atoms with Gasteiger partial charge in [0.15, 0.2) is 0 Å². The fourth-order valence-electron chi connectivity index (χ4n) is 2.27. The van der Waals surface area contributed by atoms with Crippen molar-refractivity contribution < 1.29 is 0 Å². The maximum atomic E-state index is 3.38. The van der Waals surface area contributed by atoms with Crippen LogP contribution in [0.3, 0.4) is 0 Å². The highest BCUT2D eigenvalue weighted by atomic mass is 15.1. The summed E-state index contributed by atoms with van der Waals surface area (Å²) in [5.74, 6) is 0. The van der Waals surface area contributed by atoms with Crippen molar-refractivity contribution in [3.8, 4) is 0 Å². The standard InChI is InChI=1S/C16H28N2/c1-4-10-18(11-5-2)14-16-9-7-8-15(12-16)13-17-6-3/h7-9,12,17H,4-6,10-11,13-14H2,1-3H3. The maximum absolute atomic E-state index is 3.38. The smallest absolute Gasteiger partial charge is 0.0233 e. The Bertz CT molecular complexity index is 317. The molecule has 0 aliphatic carbocycles. The lowest BCUT2D eigenvalue weighted by molar-refractivity contribution is 0.266. The minimum Gasteiger partial charge on any atom is -0.313 e. The lowest BCUT2D eigenvalue weighted by Crippen LogP contribution is -2.25. The zero-order valence-corrected chi connectivity index (χ0v) is 12.2. The van der Waals surface area contributed by atoms with Gasteiger partial charge in [-0.1, -0.05) is 45.0 Å². The molecule has 0 radical (unpaired) electrons. The molecule has 0 saturated heterocycles. The minimum absolute atomic E-state index is 0.978. The Labute approximate surface area is 112 Å². The molecule has 0 atom stereocenters. The summed E-state index contributed by atoms with van der Waals surface area (Å²) >= 11 is 0. The summed E-state index contributed by atoms with van der Waals surface area (Å²) in [5, 5.41) is 3.38. The molecule has 0 unspecified atom stereocenters. The van der Waals surface area contributed by atoms with E-state index in [4.69, 9.17) is 0 Å². The SMILES string of the molecule is CCCN(CCC)Cc1cccc(CNCC)c1. The van der Waals surface area contributed by atoms with Crippen molar-refractivity contribution in [2.45, 2.75) is 46.7 Å². The number of hydrogen-bond donors (Lipinski definition) is 1. The highest BCUT2D eigenvalue weighted by molar-refractivity contribution is 5.23. The van der Waals surface area contributed by atoms with Crippen molar-refractivity contribution in [1.82, 2.24) is 10.2 Å². The first-order valence-electron chi connectivity index (χ1n) is 7.31. The van der Waals surface area contributed by atoms with Crippen LogP contribution < -0.4 is 5.32 Å². The Balaban J connectivity index is 2.58. The molecule has 0 spiro atoms. The quantitative estimate of drug-likeness (QED) is 0.720. The van der Waals surface area contributed by atoms with Gasteiger partial charge in [-0.15, -0.1) is 0 Å². The summed E-state index contributed by atoms with van der Waals surface area (Å²) in [6, 6.07) is 8.96. The van der Waals surface area contributed by atoms with Gasteiger partial charge < -0.3 is 5.32 Å². The van der Waals surface area contributed by atoms with E-state index < -0.39 is 0 Å². The van der Waals surface area contributed by atoms with Crippen molar-refractivity contribution in [3.63, 3.8) is 0 Å². The number of nitrogens with zero attached hydrogens (tertiary/aromatic N) is 1. The van der Waals surface area contributed by atoms with E-state index in [1.165, 1.54) is 37.1 Å². The Morgan fingerprint density at radius 1 is 1.00 bits per heavy atom. The molecule has 0 bridgehead atoms. The predicted molar refractivity (Wildman–Crippen MR) is 79.7 cm³/mol. The van der Waals surface area contributed by atoms with E-state index in [1.54, 1.807) is 0 Å². The van der Waals surface area contributed by atoms with E-state index in [-0.39, 0.29) is 0 Å². The molecule has 0 aliphatic heterocycles. The Morgan fingerprint density at radius 2 is 1.67 bits per heavy atom. The summed E-state index contributed by atoms with van der Waals surface area (Å²) in [5.41, 5.74) is 2.83. The van der Waals surface area contributed by atoms with Crippen LogP contribution in [0.4, 0.5) is 0 Å². The van der Waals surface area contributed by atoms with Gasteiger partial charge in [0.05, 0.1) is 0 Å². The first-order chi connectivity index (χ1) is 8.80. The highest BCUT2D eigenvalue weighted by Crippen LogP contribution is 2.09. The van der Waals surface area contributed by atoms with Crippen LogP contribution >= 0.6 is 0 Å². The lowest BCUT2D eigenvalue weighted by Gasteiger charge is -2.21. The van der Waals surface area contributed by atoms with Gasteiger partial charge in [-0.2, -0.15) is 0 Å². The molecular formula is C16H28N2. The predicted octanol–water partition coefficient (Wildman–Crippen LogP) is 3.42. The summed E-state index contributed by atoms with van der Waals surface area (Å²) in [6.07, 6.45) is 2.47. The van der Waals surface area contributed by atoms with E-state index in [9.17, 15) is 0 Å². The van der Waals surface area contributed by atoms with Gasteiger partial charge in [-0.25, -0.2) is 0 Å². The monoisotopic (exact) mass is 248 g/mol. The molecule has 0 amide bonds. The average Bonchev–Trinajstić information content (AvgIpc) is 2.37. The first-order valence-corrected chi connectivity index (χ1v) is 7.31. The number of nitrogens with one attached hydrogen (secondary N) is 1. The van der Waals surface area contributed by atoms with Crippen molar-refractivity contribution in [2.75, 3.05) is 19.6 Å². The van der Waals surface area contributed by atoms with Gasteiger partial charge in [0.25, 0.3) is 0 Å².